The lowest BCUT2D eigenvalue weighted by molar-refractivity contribution is 1.73. The molecule has 0 fully saturated rings. The van der Waals surface area contributed by atoms with E-state index in [4.69, 9.17) is 0 Å². The molecule has 0 bridgehead atoms. The fraction of sp³-hybridized carbons (Fsp3) is 0. The summed E-state index contributed by atoms with van der Waals surface area (Å²) in [4.78, 5) is 0. The van der Waals surface area contributed by atoms with Gasteiger partial charge in [0.25, 0.3) is 0 Å². The predicted molar refractivity (Wildman–Crippen MR) is 125 cm³/mol. The zero-order valence-corrected chi connectivity index (χ0v) is 17.4. The SMILES string of the molecule is Brc1ccc(-c2cccc3sc4ccccc4c23)c2c1sc1ccccc12. The Hall–Kier alpha value is -2.20. The summed E-state index contributed by atoms with van der Waals surface area (Å²) in [6, 6.07) is 28.6. The summed E-state index contributed by atoms with van der Waals surface area (Å²) in [5.74, 6) is 0. The molecule has 27 heavy (non-hydrogen) atoms. The minimum atomic E-state index is 1.17. The van der Waals surface area contributed by atoms with Crippen molar-refractivity contribution in [2.24, 2.45) is 0 Å². The summed E-state index contributed by atoms with van der Waals surface area (Å²) in [5, 5.41) is 5.42. The van der Waals surface area contributed by atoms with Gasteiger partial charge in [-0.05, 0) is 51.3 Å². The van der Waals surface area contributed by atoms with Crippen molar-refractivity contribution in [2.75, 3.05) is 0 Å². The number of rotatable bonds is 1. The van der Waals surface area contributed by atoms with Gasteiger partial charge >= 0.3 is 0 Å². The van der Waals surface area contributed by atoms with Crippen LogP contribution < -0.4 is 0 Å². The highest BCUT2D eigenvalue weighted by Crippen LogP contribution is 2.46. The largest absolute Gasteiger partial charge is 0.135 e. The van der Waals surface area contributed by atoms with Crippen LogP contribution in [0, 0.1) is 0 Å². The van der Waals surface area contributed by atoms with Gasteiger partial charge in [-0.2, -0.15) is 0 Å². The number of benzene rings is 4. The maximum Gasteiger partial charge on any atom is 0.0503 e. The van der Waals surface area contributed by atoms with E-state index < -0.39 is 0 Å². The molecule has 2 aromatic heterocycles. The molecule has 6 aromatic rings. The van der Waals surface area contributed by atoms with Crippen molar-refractivity contribution >= 4 is 78.9 Å². The number of hydrogen-bond donors (Lipinski definition) is 0. The van der Waals surface area contributed by atoms with Crippen LogP contribution in [0.25, 0.3) is 51.5 Å². The van der Waals surface area contributed by atoms with Gasteiger partial charge < -0.3 is 0 Å². The molecule has 0 amide bonds. The molecule has 2 heterocycles. The average molecular weight is 445 g/mol. The second-order valence-corrected chi connectivity index (χ2v) is 9.66. The van der Waals surface area contributed by atoms with Crippen LogP contribution in [0.15, 0.2) is 83.3 Å². The first kappa shape index (κ1) is 15.8. The molecule has 0 aliphatic carbocycles. The summed E-state index contributed by atoms with van der Waals surface area (Å²) in [7, 11) is 0. The van der Waals surface area contributed by atoms with Gasteiger partial charge in [0.05, 0.1) is 4.70 Å². The molecule has 0 saturated heterocycles. The summed E-state index contributed by atoms with van der Waals surface area (Å²) in [5.41, 5.74) is 2.64. The second kappa shape index (κ2) is 5.90. The van der Waals surface area contributed by atoms with Gasteiger partial charge in [0.2, 0.25) is 0 Å². The first-order valence-corrected chi connectivity index (χ1v) is 11.2. The van der Waals surface area contributed by atoms with Crippen molar-refractivity contribution in [3.8, 4) is 11.1 Å². The van der Waals surface area contributed by atoms with Crippen LogP contribution >= 0.6 is 38.6 Å². The van der Waals surface area contributed by atoms with Gasteiger partial charge in [-0.1, -0.05) is 54.6 Å². The third-order valence-electron chi connectivity index (χ3n) is 5.17. The van der Waals surface area contributed by atoms with Crippen molar-refractivity contribution in [3.05, 3.63) is 83.3 Å². The van der Waals surface area contributed by atoms with E-state index in [1.54, 1.807) is 0 Å². The van der Waals surface area contributed by atoms with Crippen LogP contribution in [0.3, 0.4) is 0 Å². The lowest BCUT2D eigenvalue weighted by Crippen LogP contribution is -1.82. The molecule has 0 saturated carbocycles. The predicted octanol–water partition coefficient (Wildman–Crippen LogP) is 8.85. The average Bonchev–Trinajstić information content (AvgIpc) is 3.28. The summed E-state index contributed by atoms with van der Waals surface area (Å²) >= 11 is 7.52. The van der Waals surface area contributed by atoms with E-state index >= 15 is 0 Å². The first-order valence-electron chi connectivity index (χ1n) is 8.81. The first-order chi connectivity index (χ1) is 13.3. The van der Waals surface area contributed by atoms with Crippen LogP contribution in [0.1, 0.15) is 0 Å². The Labute approximate surface area is 172 Å². The Bertz CT molecular complexity index is 1490. The maximum absolute atomic E-state index is 3.78. The van der Waals surface area contributed by atoms with Crippen LogP contribution in [-0.2, 0) is 0 Å². The molecule has 0 atom stereocenters. The molecule has 0 unspecified atom stereocenters. The maximum atomic E-state index is 3.78. The third-order valence-corrected chi connectivity index (χ3v) is 8.43. The number of hydrogen-bond acceptors (Lipinski definition) is 2. The summed E-state index contributed by atoms with van der Waals surface area (Å²) < 4.78 is 6.53. The molecule has 0 nitrogen and oxygen atoms in total. The molecule has 6 rings (SSSR count). The van der Waals surface area contributed by atoms with E-state index in [1.807, 2.05) is 22.7 Å². The van der Waals surface area contributed by atoms with Crippen molar-refractivity contribution in [2.45, 2.75) is 0 Å². The normalized spacial score (nSPS) is 11.9. The van der Waals surface area contributed by atoms with Crippen LogP contribution in [0.4, 0.5) is 0 Å². The number of halogens is 1. The molecule has 4 aromatic carbocycles. The van der Waals surface area contributed by atoms with Crippen molar-refractivity contribution in [1.29, 1.82) is 0 Å². The number of fused-ring (bicyclic) bond motifs is 6. The second-order valence-electron chi connectivity index (χ2n) is 6.67. The Morgan fingerprint density at radius 3 is 1.96 bits per heavy atom. The Morgan fingerprint density at radius 1 is 0.519 bits per heavy atom. The van der Waals surface area contributed by atoms with E-state index in [2.05, 4.69) is 94.8 Å². The fourth-order valence-electron chi connectivity index (χ4n) is 4.02. The van der Waals surface area contributed by atoms with Crippen LogP contribution in [-0.4, -0.2) is 0 Å². The topological polar surface area (TPSA) is 0 Å². The van der Waals surface area contributed by atoms with Crippen molar-refractivity contribution in [1.82, 2.24) is 0 Å². The Morgan fingerprint density at radius 2 is 1.15 bits per heavy atom. The van der Waals surface area contributed by atoms with E-state index in [1.165, 1.54) is 55.9 Å². The Kier molecular flexibility index (Phi) is 3.46. The van der Waals surface area contributed by atoms with Crippen molar-refractivity contribution < 1.29 is 0 Å². The van der Waals surface area contributed by atoms with E-state index in [-0.39, 0.29) is 0 Å². The van der Waals surface area contributed by atoms with Gasteiger partial charge in [0.1, 0.15) is 0 Å². The van der Waals surface area contributed by atoms with Crippen LogP contribution in [0.5, 0.6) is 0 Å². The quantitative estimate of drug-likeness (QED) is 0.237. The van der Waals surface area contributed by atoms with E-state index in [0.717, 1.165) is 0 Å². The zero-order chi connectivity index (χ0) is 18.0. The molecule has 3 heteroatoms. The van der Waals surface area contributed by atoms with Crippen molar-refractivity contribution in [3.63, 3.8) is 0 Å². The van der Waals surface area contributed by atoms with Gasteiger partial charge in [0, 0.05) is 40.1 Å². The van der Waals surface area contributed by atoms with Gasteiger partial charge in [-0.25, -0.2) is 0 Å². The fourth-order valence-corrected chi connectivity index (χ4v) is 6.86. The van der Waals surface area contributed by atoms with E-state index in [0.29, 0.717) is 0 Å². The van der Waals surface area contributed by atoms with Gasteiger partial charge in [0.15, 0.2) is 0 Å². The molecule has 0 N–H and O–H groups in total. The molecular weight excluding hydrogens is 432 g/mol. The van der Waals surface area contributed by atoms with Gasteiger partial charge in [-0.15, -0.1) is 22.7 Å². The third kappa shape index (κ3) is 2.26. The summed E-state index contributed by atoms with van der Waals surface area (Å²) in [6.07, 6.45) is 0. The van der Waals surface area contributed by atoms with Gasteiger partial charge in [-0.3, -0.25) is 0 Å². The Balaban J connectivity index is 1.83. The minimum Gasteiger partial charge on any atom is -0.135 e. The smallest absolute Gasteiger partial charge is 0.0503 e. The van der Waals surface area contributed by atoms with Crippen LogP contribution in [0.2, 0.25) is 0 Å². The molecule has 128 valence electrons. The number of thiophene rings is 2. The standard InChI is InChI=1S/C24H13BrS2/c25-18-13-12-15(23-17-7-2-4-10-20(17)27-24(18)23)14-8-5-11-21-22(14)16-6-1-3-9-19(16)26-21/h1-13H. The highest BCUT2D eigenvalue weighted by atomic mass is 79.9. The molecule has 0 radical (unpaired) electrons. The molecular formula is C24H13BrS2. The lowest BCUT2D eigenvalue weighted by atomic mass is 9.95. The highest BCUT2D eigenvalue weighted by Gasteiger charge is 2.16. The molecule has 0 spiro atoms. The van der Waals surface area contributed by atoms with E-state index in [9.17, 15) is 0 Å². The highest BCUT2D eigenvalue weighted by molar-refractivity contribution is 9.10. The minimum absolute atomic E-state index is 1.17. The zero-order valence-electron chi connectivity index (χ0n) is 14.2. The molecule has 0 aliphatic heterocycles. The summed E-state index contributed by atoms with van der Waals surface area (Å²) in [6.45, 7) is 0. The lowest BCUT2D eigenvalue weighted by Gasteiger charge is -2.08. The monoisotopic (exact) mass is 444 g/mol. The molecule has 0 aliphatic rings.